The molecule has 14 nitrogen and oxygen atoms in total. The maximum atomic E-state index is 14.4. The lowest BCUT2D eigenvalue weighted by Crippen LogP contribution is -2.53. The molecule has 2 amide bonds. The number of nitrogens with zero attached hydrogens (tertiary/aromatic N) is 4. The van der Waals surface area contributed by atoms with Crippen molar-refractivity contribution in [1.82, 2.24) is 10.6 Å². The zero-order chi connectivity index (χ0) is 39.3. The minimum Gasteiger partial charge on any atom is -0.351 e. The summed E-state index contributed by atoms with van der Waals surface area (Å²) in [5.41, 5.74) is -0.251. The summed E-state index contributed by atoms with van der Waals surface area (Å²) in [6, 6.07) is 27.1. The fraction of sp³-hybridized carbons (Fsp3) is 0.286. The Bertz CT molecular complexity index is 2160. The van der Waals surface area contributed by atoms with E-state index in [0.717, 1.165) is 36.8 Å². The Balaban J connectivity index is 1.35. The molecule has 56 heavy (non-hydrogen) atoms. The highest BCUT2D eigenvalue weighted by atomic mass is 16.6. The van der Waals surface area contributed by atoms with Crippen LogP contribution in [0.3, 0.4) is 0 Å². The standard InChI is InChI=1S/C42H40N6O8/c49-39-37(45(25-29-17-18-29)35(31-13-7-15-33(21-31)47(53)54)41(51)43-23-27-9-3-1-4-10-27)38(40(39)50)46(26-30-19-20-30)36(32-14-8-16-34(22-32)48(55)56)42(52)44-24-28-11-5-2-6-12-28/h1-16,21-22,29-30,35-36H,17-20,23-26H2,(H,43,51)(H,44,52). The van der Waals surface area contributed by atoms with Crippen LogP contribution in [-0.4, -0.2) is 34.8 Å². The Morgan fingerprint density at radius 2 is 0.964 bits per heavy atom. The second kappa shape index (κ2) is 16.3. The molecule has 0 saturated heterocycles. The Morgan fingerprint density at radius 1 is 0.589 bits per heavy atom. The average Bonchev–Trinajstić information content (AvgIpc) is 4.16. The summed E-state index contributed by atoms with van der Waals surface area (Å²) in [7, 11) is 0. The van der Waals surface area contributed by atoms with Gasteiger partial charge in [-0.2, -0.15) is 0 Å². The largest absolute Gasteiger partial charge is 0.351 e. The minimum atomic E-state index is -1.27. The first-order valence-corrected chi connectivity index (χ1v) is 18.6. The van der Waals surface area contributed by atoms with Crippen molar-refractivity contribution in [2.45, 2.75) is 50.9 Å². The van der Waals surface area contributed by atoms with Crippen molar-refractivity contribution in [2.75, 3.05) is 22.9 Å². The van der Waals surface area contributed by atoms with Crippen LogP contribution < -0.4 is 31.3 Å². The Labute approximate surface area is 321 Å². The molecule has 2 aliphatic carbocycles. The van der Waals surface area contributed by atoms with Crippen LogP contribution >= 0.6 is 0 Å². The highest BCUT2D eigenvalue weighted by Crippen LogP contribution is 2.43. The molecule has 0 bridgehead atoms. The monoisotopic (exact) mass is 756 g/mol. The Kier molecular flexibility index (Phi) is 11.0. The Morgan fingerprint density at radius 3 is 1.30 bits per heavy atom. The fourth-order valence-electron chi connectivity index (χ4n) is 7.04. The molecule has 0 aliphatic heterocycles. The third-order valence-electron chi connectivity index (χ3n) is 10.3. The topological polar surface area (TPSA) is 185 Å². The number of nitrogens with one attached hydrogen (secondary N) is 2. The van der Waals surface area contributed by atoms with Crippen LogP contribution in [0.15, 0.2) is 119 Å². The molecule has 0 spiro atoms. The third-order valence-corrected chi connectivity index (χ3v) is 10.3. The van der Waals surface area contributed by atoms with E-state index in [1.807, 2.05) is 60.7 Å². The summed E-state index contributed by atoms with van der Waals surface area (Å²) >= 11 is 0. The van der Waals surface area contributed by atoms with Crippen LogP contribution in [0.5, 0.6) is 0 Å². The number of hydrogen-bond acceptors (Lipinski definition) is 10. The van der Waals surface area contributed by atoms with Gasteiger partial charge in [-0.15, -0.1) is 0 Å². The lowest BCUT2D eigenvalue weighted by atomic mass is 9.97. The first kappa shape index (κ1) is 37.6. The van der Waals surface area contributed by atoms with Crippen LogP contribution in [-0.2, 0) is 22.7 Å². The molecular formula is C42H40N6O8. The van der Waals surface area contributed by atoms with E-state index in [-0.39, 0.29) is 71.9 Å². The van der Waals surface area contributed by atoms with Gasteiger partial charge in [0.25, 0.3) is 22.2 Å². The molecule has 2 fully saturated rings. The van der Waals surface area contributed by atoms with Gasteiger partial charge in [-0.1, -0.05) is 84.9 Å². The van der Waals surface area contributed by atoms with Crippen LogP contribution in [0, 0.1) is 32.1 Å². The van der Waals surface area contributed by atoms with Crippen LogP contribution in [0.25, 0.3) is 0 Å². The quantitative estimate of drug-likeness (QED) is 0.0644. The molecule has 286 valence electrons. The van der Waals surface area contributed by atoms with Crippen molar-refractivity contribution >= 4 is 34.6 Å². The van der Waals surface area contributed by atoms with Crippen LogP contribution in [0.2, 0.25) is 0 Å². The highest BCUT2D eigenvalue weighted by molar-refractivity contribution is 5.92. The van der Waals surface area contributed by atoms with Crippen molar-refractivity contribution in [1.29, 1.82) is 0 Å². The van der Waals surface area contributed by atoms with Crippen molar-refractivity contribution in [2.24, 2.45) is 11.8 Å². The third kappa shape index (κ3) is 8.49. The molecule has 5 aromatic carbocycles. The number of carbonyl (C=O) groups is 2. The van der Waals surface area contributed by atoms with Gasteiger partial charge in [-0.3, -0.25) is 39.4 Å². The molecule has 14 heteroatoms. The average molecular weight is 757 g/mol. The van der Waals surface area contributed by atoms with E-state index in [0.29, 0.717) is 0 Å². The van der Waals surface area contributed by atoms with Gasteiger partial charge in [0.2, 0.25) is 11.8 Å². The lowest BCUT2D eigenvalue weighted by Gasteiger charge is -2.40. The summed E-state index contributed by atoms with van der Waals surface area (Å²) < 4.78 is 0. The normalized spacial score (nSPS) is 14.7. The van der Waals surface area contributed by atoms with Gasteiger partial charge in [-0.25, -0.2) is 0 Å². The van der Waals surface area contributed by atoms with Gasteiger partial charge in [0.05, 0.1) is 9.85 Å². The molecular weight excluding hydrogens is 716 g/mol. The summed E-state index contributed by atoms with van der Waals surface area (Å²) in [6.07, 6.45) is 3.22. The van der Waals surface area contributed by atoms with E-state index in [9.17, 15) is 39.4 Å². The minimum absolute atomic E-state index is 0.0639. The van der Waals surface area contributed by atoms with Crippen molar-refractivity contribution in [3.05, 3.63) is 172 Å². The summed E-state index contributed by atoms with van der Waals surface area (Å²) in [6.45, 7) is 0.628. The lowest BCUT2D eigenvalue weighted by molar-refractivity contribution is -0.385. The van der Waals surface area contributed by atoms with Gasteiger partial charge < -0.3 is 20.4 Å². The molecule has 2 atom stereocenters. The van der Waals surface area contributed by atoms with E-state index in [1.165, 1.54) is 36.4 Å². The van der Waals surface area contributed by atoms with Gasteiger partial charge in [0, 0.05) is 50.4 Å². The van der Waals surface area contributed by atoms with Gasteiger partial charge >= 0.3 is 0 Å². The number of non-ortho nitro benzene ring substituents is 2. The second-order valence-corrected chi connectivity index (χ2v) is 14.5. The molecule has 7 rings (SSSR count). The van der Waals surface area contributed by atoms with E-state index in [4.69, 9.17) is 0 Å². The number of amides is 2. The van der Waals surface area contributed by atoms with Crippen molar-refractivity contribution in [3.8, 4) is 0 Å². The Hall–Kier alpha value is -6.70. The van der Waals surface area contributed by atoms with E-state index in [2.05, 4.69) is 10.6 Å². The maximum absolute atomic E-state index is 14.4. The smallest absolute Gasteiger partial charge is 0.269 e. The van der Waals surface area contributed by atoms with Gasteiger partial charge in [0.15, 0.2) is 0 Å². The predicted molar refractivity (Wildman–Crippen MR) is 210 cm³/mol. The zero-order valence-electron chi connectivity index (χ0n) is 30.4. The number of nitro groups is 2. The van der Waals surface area contributed by atoms with Crippen LogP contribution in [0.4, 0.5) is 22.7 Å². The SMILES string of the molecule is O=C(NCc1ccccc1)C(c1cccc([N+](=O)[O-])c1)N(CC1CC1)c1c(N(CC2CC2)C(C(=O)NCc2ccccc2)c2cccc([N+](=O)[O-])c2)c(=O)c1=O. The number of anilines is 2. The number of hydrogen-bond donors (Lipinski definition) is 2. The number of nitro benzene ring substituents is 2. The van der Waals surface area contributed by atoms with E-state index in [1.54, 1.807) is 21.9 Å². The fourth-order valence-corrected chi connectivity index (χ4v) is 7.04. The summed E-state index contributed by atoms with van der Waals surface area (Å²) in [5, 5.41) is 29.8. The van der Waals surface area contributed by atoms with E-state index >= 15 is 0 Å². The van der Waals surface area contributed by atoms with Crippen LogP contribution in [0.1, 0.15) is 60.0 Å². The van der Waals surface area contributed by atoms with Gasteiger partial charge in [0.1, 0.15) is 23.5 Å². The molecule has 0 aromatic heterocycles. The molecule has 2 aliphatic rings. The number of benzene rings is 4. The predicted octanol–water partition coefficient (Wildman–Crippen LogP) is 5.65. The molecule has 0 heterocycles. The number of rotatable bonds is 18. The highest BCUT2D eigenvalue weighted by Gasteiger charge is 2.44. The van der Waals surface area contributed by atoms with Gasteiger partial charge in [-0.05, 0) is 59.8 Å². The molecule has 5 aromatic rings. The molecule has 2 unspecified atom stereocenters. The first-order chi connectivity index (χ1) is 27.1. The second-order valence-electron chi connectivity index (χ2n) is 14.5. The zero-order valence-corrected chi connectivity index (χ0v) is 30.4. The van der Waals surface area contributed by atoms with Crippen molar-refractivity contribution < 1.29 is 19.4 Å². The van der Waals surface area contributed by atoms with E-state index < -0.39 is 44.6 Å². The first-order valence-electron chi connectivity index (χ1n) is 18.6. The molecule has 0 radical (unpaired) electrons. The summed E-state index contributed by atoms with van der Waals surface area (Å²) in [5.74, 6) is -0.958. The summed E-state index contributed by atoms with van der Waals surface area (Å²) in [4.78, 5) is 82.8. The molecule has 2 saturated carbocycles. The maximum Gasteiger partial charge on any atom is 0.269 e. The van der Waals surface area contributed by atoms with Crippen molar-refractivity contribution in [3.63, 3.8) is 0 Å². The molecule has 2 N–H and O–H groups in total. The number of carbonyl (C=O) groups excluding carboxylic acids is 2.